The molecule has 0 radical (unpaired) electrons. The lowest BCUT2D eigenvalue weighted by Gasteiger charge is -2.07. The van der Waals surface area contributed by atoms with Gasteiger partial charge in [0.2, 0.25) is 0 Å². The number of thioether (sulfide) groups is 1. The van der Waals surface area contributed by atoms with E-state index in [1.54, 1.807) is 23.9 Å². The SMILES string of the molecule is CSCCNc1ccc(C(=O)Nc2sc(Nc3ccc4ccccc4c3)nc2C(N)=O)cc1. The second kappa shape index (κ2) is 10.4. The van der Waals surface area contributed by atoms with Crippen LogP contribution in [0.5, 0.6) is 0 Å². The number of carbonyl (C=O) groups is 2. The van der Waals surface area contributed by atoms with Crippen LogP contribution < -0.4 is 21.7 Å². The van der Waals surface area contributed by atoms with Crippen LogP contribution in [0.15, 0.2) is 66.7 Å². The minimum absolute atomic E-state index is 0.0204. The summed E-state index contributed by atoms with van der Waals surface area (Å²) in [6.07, 6.45) is 2.05. The predicted molar refractivity (Wildman–Crippen MR) is 139 cm³/mol. The highest BCUT2D eigenvalue weighted by Gasteiger charge is 2.19. The maximum atomic E-state index is 12.7. The Kier molecular flexibility index (Phi) is 7.11. The van der Waals surface area contributed by atoms with Crippen LogP contribution in [-0.4, -0.2) is 35.4 Å². The van der Waals surface area contributed by atoms with E-state index in [0.29, 0.717) is 15.7 Å². The maximum Gasteiger partial charge on any atom is 0.270 e. The van der Waals surface area contributed by atoms with Crippen molar-refractivity contribution in [3.63, 3.8) is 0 Å². The van der Waals surface area contributed by atoms with Gasteiger partial charge in [-0.05, 0) is 53.4 Å². The van der Waals surface area contributed by atoms with E-state index in [2.05, 4.69) is 27.2 Å². The molecule has 5 N–H and O–H groups in total. The van der Waals surface area contributed by atoms with Crippen molar-refractivity contribution in [3.8, 4) is 0 Å². The minimum Gasteiger partial charge on any atom is -0.384 e. The van der Waals surface area contributed by atoms with E-state index in [-0.39, 0.29) is 11.6 Å². The van der Waals surface area contributed by atoms with Gasteiger partial charge >= 0.3 is 0 Å². The molecule has 0 atom stereocenters. The fraction of sp³-hybridized carbons (Fsp3) is 0.125. The smallest absolute Gasteiger partial charge is 0.270 e. The third-order valence-electron chi connectivity index (χ3n) is 4.87. The van der Waals surface area contributed by atoms with E-state index in [1.807, 2.05) is 54.6 Å². The number of nitrogens with two attached hydrogens (primary N) is 1. The van der Waals surface area contributed by atoms with Crippen molar-refractivity contribution in [2.75, 3.05) is 34.5 Å². The summed E-state index contributed by atoms with van der Waals surface area (Å²) < 4.78 is 0. The summed E-state index contributed by atoms with van der Waals surface area (Å²) >= 11 is 2.92. The largest absolute Gasteiger partial charge is 0.384 e. The Hall–Kier alpha value is -3.56. The predicted octanol–water partition coefficient (Wildman–Crippen LogP) is 5.17. The molecule has 4 aromatic rings. The van der Waals surface area contributed by atoms with E-state index >= 15 is 0 Å². The zero-order valence-corrected chi connectivity index (χ0v) is 19.6. The van der Waals surface area contributed by atoms with Crippen LogP contribution in [0.1, 0.15) is 20.8 Å². The molecular formula is C24H23N5O2S2. The molecule has 0 aliphatic heterocycles. The molecular weight excluding hydrogens is 454 g/mol. The number of thiazole rings is 1. The Balaban J connectivity index is 1.49. The van der Waals surface area contributed by atoms with Crippen molar-refractivity contribution >= 4 is 67.2 Å². The Morgan fingerprint density at radius 2 is 1.73 bits per heavy atom. The van der Waals surface area contributed by atoms with Gasteiger partial charge in [-0.15, -0.1) is 0 Å². The van der Waals surface area contributed by atoms with Crippen LogP contribution in [0.3, 0.4) is 0 Å². The highest BCUT2D eigenvalue weighted by atomic mass is 32.2. The summed E-state index contributed by atoms with van der Waals surface area (Å²) in [4.78, 5) is 29.0. The van der Waals surface area contributed by atoms with Gasteiger partial charge in [0.15, 0.2) is 10.8 Å². The molecule has 0 unspecified atom stereocenters. The van der Waals surface area contributed by atoms with E-state index in [0.717, 1.165) is 45.8 Å². The lowest BCUT2D eigenvalue weighted by atomic mass is 10.1. The van der Waals surface area contributed by atoms with Crippen LogP contribution in [0.4, 0.5) is 21.5 Å². The van der Waals surface area contributed by atoms with Crippen molar-refractivity contribution in [3.05, 3.63) is 78.0 Å². The van der Waals surface area contributed by atoms with E-state index in [4.69, 9.17) is 5.73 Å². The Bertz CT molecular complexity index is 1290. The number of nitrogens with zero attached hydrogens (tertiary/aromatic N) is 1. The summed E-state index contributed by atoms with van der Waals surface area (Å²) in [5, 5.41) is 12.2. The molecule has 0 saturated heterocycles. The van der Waals surface area contributed by atoms with Crippen LogP contribution in [-0.2, 0) is 0 Å². The van der Waals surface area contributed by atoms with Crippen molar-refractivity contribution < 1.29 is 9.59 Å². The quantitative estimate of drug-likeness (QED) is 0.248. The molecule has 0 bridgehead atoms. The van der Waals surface area contributed by atoms with Crippen LogP contribution in [0, 0.1) is 0 Å². The Labute approximate surface area is 199 Å². The first-order valence-electron chi connectivity index (χ1n) is 10.2. The Morgan fingerprint density at radius 3 is 2.45 bits per heavy atom. The summed E-state index contributed by atoms with van der Waals surface area (Å²) in [5.41, 5.74) is 7.76. The summed E-state index contributed by atoms with van der Waals surface area (Å²) in [6.45, 7) is 0.850. The van der Waals surface area contributed by atoms with E-state index in [9.17, 15) is 9.59 Å². The molecule has 9 heteroatoms. The Morgan fingerprint density at radius 1 is 1.00 bits per heavy atom. The molecule has 1 heterocycles. The molecule has 168 valence electrons. The van der Waals surface area contributed by atoms with Crippen LogP contribution in [0.25, 0.3) is 10.8 Å². The minimum atomic E-state index is -0.707. The number of hydrogen-bond donors (Lipinski definition) is 4. The van der Waals surface area contributed by atoms with Crippen molar-refractivity contribution in [2.45, 2.75) is 0 Å². The summed E-state index contributed by atoms with van der Waals surface area (Å²) in [6, 6.07) is 21.1. The number of fused-ring (bicyclic) bond motifs is 1. The fourth-order valence-corrected chi connectivity index (χ4v) is 4.42. The van der Waals surface area contributed by atoms with Gasteiger partial charge in [-0.25, -0.2) is 4.98 Å². The third kappa shape index (κ3) is 5.63. The molecule has 3 aromatic carbocycles. The molecule has 1 aromatic heterocycles. The average molecular weight is 478 g/mol. The molecule has 4 rings (SSSR count). The lowest BCUT2D eigenvalue weighted by molar-refractivity contribution is 0.0997. The summed E-state index contributed by atoms with van der Waals surface area (Å²) in [7, 11) is 0. The number of nitrogens with one attached hydrogen (secondary N) is 3. The van der Waals surface area contributed by atoms with E-state index < -0.39 is 5.91 Å². The van der Waals surface area contributed by atoms with E-state index in [1.165, 1.54) is 0 Å². The van der Waals surface area contributed by atoms with Crippen molar-refractivity contribution in [2.24, 2.45) is 5.73 Å². The molecule has 0 spiro atoms. The normalized spacial score (nSPS) is 10.7. The highest BCUT2D eigenvalue weighted by Crippen LogP contribution is 2.32. The molecule has 0 aliphatic rings. The zero-order chi connectivity index (χ0) is 23.2. The van der Waals surface area contributed by atoms with Gasteiger partial charge in [0.25, 0.3) is 11.8 Å². The number of primary amides is 1. The number of amides is 2. The van der Waals surface area contributed by atoms with Crippen molar-refractivity contribution in [1.29, 1.82) is 0 Å². The first kappa shape index (κ1) is 22.6. The monoisotopic (exact) mass is 477 g/mol. The maximum absolute atomic E-state index is 12.7. The van der Waals surface area contributed by atoms with Gasteiger partial charge in [-0.1, -0.05) is 41.7 Å². The number of rotatable bonds is 9. The fourth-order valence-electron chi connectivity index (χ4n) is 3.23. The average Bonchev–Trinajstić information content (AvgIpc) is 3.22. The molecule has 2 amide bonds. The number of anilines is 4. The second-order valence-electron chi connectivity index (χ2n) is 7.20. The van der Waals surface area contributed by atoms with Gasteiger partial charge in [0.1, 0.15) is 5.00 Å². The van der Waals surface area contributed by atoms with Crippen molar-refractivity contribution in [1.82, 2.24) is 4.98 Å². The summed E-state index contributed by atoms with van der Waals surface area (Å²) in [5.74, 6) is -0.0467. The standard InChI is InChI=1S/C24H23N5O2S2/c1-32-13-12-26-18-9-7-16(8-10-18)22(31)29-23-20(21(25)30)28-24(33-23)27-19-11-6-15-4-2-3-5-17(15)14-19/h2-11,14,26H,12-13H2,1H3,(H2,25,30)(H,27,28)(H,29,31). The van der Waals surface area contributed by atoms with Gasteiger partial charge in [0.05, 0.1) is 0 Å². The second-order valence-corrected chi connectivity index (χ2v) is 9.18. The number of carbonyl (C=O) groups excluding carboxylic acids is 2. The van der Waals surface area contributed by atoms with Crippen LogP contribution >= 0.6 is 23.1 Å². The molecule has 0 saturated carbocycles. The molecule has 7 nitrogen and oxygen atoms in total. The topological polar surface area (TPSA) is 109 Å². The van der Waals surface area contributed by atoms with Gasteiger partial charge in [0, 0.05) is 29.2 Å². The number of benzene rings is 3. The molecule has 0 aliphatic carbocycles. The number of aromatic nitrogens is 1. The third-order valence-corrected chi connectivity index (χ3v) is 6.37. The van der Waals surface area contributed by atoms with Gasteiger partial charge < -0.3 is 21.7 Å². The first-order valence-corrected chi connectivity index (χ1v) is 12.4. The lowest BCUT2D eigenvalue weighted by Crippen LogP contribution is -2.17. The number of hydrogen-bond acceptors (Lipinski definition) is 7. The molecule has 33 heavy (non-hydrogen) atoms. The van der Waals surface area contributed by atoms with Gasteiger partial charge in [-0.3, -0.25) is 9.59 Å². The molecule has 0 fully saturated rings. The van der Waals surface area contributed by atoms with Crippen LogP contribution in [0.2, 0.25) is 0 Å². The highest BCUT2D eigenvalue weighted by molar-refractivity contribution is 7.98. The first-order chi connectivity index (χ1) is 16.0. The zero-order valence-electron chi connectivity index (χ0n) is 17.9. The van der Waals surface area contributed by atoms with Gasteiger partial charge in [-0.2, -0.15) is 11.8 Å².